The van der Waals surface area contributed by atoms with Gasteiger partial charge in [-0.15, -0.1) is 11.3 Å². The van der Waals surface area contributed by atoms with Gasteiger partial charge in [0.15, 0.2) is 0 Å². The highest BCUT2D eigenvalue weighted by Gasteiger charge is 2.31. The number of carbonyl (C=O) groups is 1. The molecule has 2 unspecified atom stereocenters. The van der Waals surface area contributed by atoms with Gasteiger partial charge in [-0.05, 0) is 64.5 Å². The maximum absolute atomic E-state index is 12.2. The summed E-state index contributed by atoms with van der Waals surface area (Å²) in [5.74, 6) is 0. The van der Waals surface area contributed by atoms with E-state index >= 15 is 0 Å². The Morgan fingerprint density at radius 3 is 2.77 bits per heavy atom. The van der Waals surface area contributed by atoms with Crippen molar-refractivity contribution in [2.75, 3.05) is 6.54 Å². The molecule has 1 fully saturated rings. The predicted octanol–water partition coefficient (Wildman–Crippen LogP) is 3.93. The molecule has 124 valence electrons. The van der Waals surface area contributed by atoms with Gasteiger partial charge in [-0.25, -0.2) is 4.79 Å². The quantitative estimate of drug-likeness (QED) is 0.916. The smallest absolute Gasteiger partial charge is 0.410 e. The summed E-state index contributed by atoms with van der Waals surface area (Å²) in [6.45, 7) is 11.7. The molecule has 5 heteroatoms. The number of aryl methyl sites for hydroxylation is 1. The van der Waals surface area contributed by atoms with Gasteiger partial charge < -0.3 is 15.0 Å². The summed E-state index contributed by atoms with van der Waals surface area (Å²) < 4.78 is 5.49. The molecule has 0 aliphatic carbocycles. The Balaban J connectivity index is 1.82. The molecule has 22 heavy (non-hydrogen) atoms. The van der Waals surface area contributed by atoms with Crippen molar-refractivity contribution in [1.29, 1.82) is 0 Å². The average Bonchev–Trinajstić information content (AvgIpc) is 2.80. The normalized spacial score (nSPS) is 22.7. The maximum atomic E-state index is 12.2. The van der Waals surface area contributed by atoms with Crippen LogP contribution in [0.1, 0.15) is 51.0 Å². The van der Waals surface area contributed by atoms with Crippen LogP contribution >= 0.6 is 11.3 Å². The van der Waals surface area contributed by atoms with Crippen molar-refractivity contribution in [2.45, 2.75) is 71.7 Å². The van der Waals surface area contributed by atoms with Crippen LogP contribution in [0.25, 0.3) is 0 Å². The summed E-state index contributed by atoms with van der Waals surface area (Å²) in [5.41, 5.74) is 0.930. The zero-order valence-corrected chi connectivity index (χ0v) is 15.1. The fraction of sp³-hybridized carbons (Fsp3) is 0.706. The van der Waals surface area contributed by atoms with E-state index in [1.165, 1.54) is 10.4 Å². The first-order chi connectivity index (χ1) is 10.3. The molecule has 1 saturated heterocycles. The summed E-state index contributed by atoms with van der Waals surface area (Å²) in [6.07, 6.45) is 1.77. The van der Waals surface area contributed by atoms with Crippen LogP contribution in [0.3, 0.4) is 0 Å². The maximum Gasteiger partial charge on any atom is 0.410 e. The Kier molecular flexibility index (Phi) is 5.50. The predicted molar refractivity (Wildman–Crippen MR) is 91.3 cm³/mol. The molecule has 2 atom stereocenters. The Labute approximate surface area is 137 Å². The molecule has 2 heterocycles. The monoisotopic (exact) mass is 324 g/mol. The lowest BCUT2D eigenvalue weighted by molar-refractivity contribution is 0.00933. The van der Waals surface area contributed by atoms with E-state index < -0.39 is 5.60 Å². The van der Waals surface area contributed by atoms with Gasteiger partial charge in [0, 0.05) is 30.1 Å². The Morgan fingerprint density at radius 1 is 1.50 bits per heavy atom. The lowest BCUT2D eigenvalue weighted by Gasteiger charge is -2.38. The molecule has 1 amide bonds. The molecular formula is C17H28N2O2S. The van der Waals surface area contributed by atoms with Crippen molar-refractivity contribution in [3.05, 3.63) is 21.9 Å². The topological polar surface area (TPSA) is 41.6 Å². The molecule has 0 aromatic carbocycles. The molecule has 1 aromatic rings. The minimum Gasteiger partial charge on any atom is -0.444 e. The number of nitrogens with zero attached hydrogens (tertiary/aromatic N) is 1. The molecule has 0 bridgehead atoms. The van der Waals surface area contributed by atoms with Gasteiger partial charge in [0.2, 0.25) is 0 Å². The number of amides is 1. The van der Waals surface area contributed by atoms with Gasteiger partial charge in [-0.1, -0.05) is 0 Å². The van der Waals surface area contributed by atoms with Gasteiger partial charge in [0.25, 0.3) is 0 Å². The molecule has 1 aliphatic rings. The highest BCUT2D eigenvalue weighted by molar-refractivity contribution is 7.10. The molecule has 0 radical (unpaired) electrons. The Bertz CT molecular complexity index is 507. The van der Waals surface area contributed by atoms with Crippen molar-refractivity contribution in [3.63, 3.8) is 0 Å². The molecule has 2 rings (SSSR count). The van der Waals surface area contributed by atoms with Gasteiger partial charge >= 0.3 is 6.09 Å². The van der Waals surface area contributed by atoms with Gasteiger partial charge in [-0.3, -0.25) is 0 Å². The number of hydrogen-bond donors (Lipinski definition) is 1. The summed E-state index contributed by atoms with van der Waals surface area (Å²) in [7, 11) is 0. The molecule has 1 N–H and O–H groups in total. The highest BCUT2D eigenvalue weighted by atomic mass is 32.1. The van der Waals surface area contributed by atoms with Crippen LogP contribution in [-0.4, -0.2) is 35.2 Å². The molecule has 0 saturated carbocycles. The SMILES string of the molecule is Cc1ccsc1CNC1CCN(C(=O)OC(C)(C)C)C(C)C1. The van der Waals surface area contributed by atoms with Crippen LogP contribution in [0.4, 0.5) is 4.79 Å². The van der Waals surface area contributed by atoms with Crippen LogP contribution in [0, 0.1) is 6.92 Å². The summed E-state index contributed by atoms with van der Waals surface area (Å²) in [6, 6.07) is 2.84. The van der Waals surface area contributed by atoms with Crippen molar-refractivity contribution in [1.82, 2.24) is 10.2 Å². The van der Waals surface area contributed by atoms with Crippen LogP contribution < -0.4 is 5.32 Å². The van der Waals surface area contributed by atoms with E-state index in [1.807, 2.05) is 25.7 Å². The van der Waals surface area contributed by atoms with Crippen molar-refractivity contribution in [2.24, 2.45) is 0 Å². The first kappa shape index (κ1) is 17.3. The Hall–Kier alpha value is -1.07. The zero-order chi connectivity index (χ0) is 16.3. The summed E-state index contributed by atoms with van der Waals surface area (Å²) in [5, 5.41) is 5.77. The average molecular weight is 324 g/mol. The summed E-state index contributed by atoms with van der Waals surface area (Å²) >= 11 is 1.80. The van der Waals surface area contributed by atoms with Crippen LogP contribution in [0.2, 0.25) is 0 Å². The number of thiophene rings is 1. The zero-order valence-electron chi connectivity index (χ0n) is 14.3. The number of hydrogen-bond acceptors (Lipinski definition) is 4. The van der Waals surface area contributed by atoms with E-state index in [0.29, 0.717) is 6.04 Å². The van der Waals surface area contributed by atoms with Crippen LogP contribution in [0.5, 0.6) is 0 Å². The second-order valence-electron chi connectivity index (χ2n) is 7.15. The number of ether oxygens (including phenoxy) is 1. The molecule has 4 nitrogen and oxygen atoms in total. The number of rotatable bonds is 3. The number of likely N-dealkylation sites (tertiary alicyclic amines) is 1. The lowest BCUT2D eigenvalue weighted by atomic mass is 9.98. The van der Waals surface area contributed by atoms with E-state index in [2.05, 4.69) is 30.6 Å². The third-order valence-electron chi connectivity index (χ3n) is 4.02. The first-order valence-corrected chi connectivity index (χ1v) is 8.90. The third kappa shape index (κ3) is 4.71. The van der Waals surface area contributed by atoms with E-state index in [9.17, 15) is 4.79 Å². The number of piperidine rings is 1. The molecule has 0 spiro atoms. The lowest BCUT2D eigenvalue weighted by Crippen LogP contribution is -2.50. The van der Waals surface area contributed by atoms with Gasteiger partial charge in [-0.2, -0.15) is 0 Å². The largest absolute Gasteiger partial charge is 0.444 e. The number of carbonyl (C=O) groups excluding carboxylic acids is 1. The Morgan fingerprint density at radius 2 is 2.23 bits per heavy atom. The second-order valence-corrected chi connectivity index (χ2v) is 8.15. The minimum atomic E-state index is -0.428. The number of nitrogens with one attached hydrogen (secondary N) is 1. The van der Waals surface area contributed by atoms with E-state index in [4.69, 9.17) is 4.74 Å². The van der Waals surface area contributed by atoms with Crippen molar-refractivity contribution >= 4 is 17.4 Å². The van der Waals surface area contributed by atoms with Crippen molar-refractivity contribution < 1.29 is 9.53 Å². The third-order valence-corrected chi connectivity index (χ3v) is 5.05. The van der Waals surface area contributed by atoms with E-state index in [0.717, 1.165) is 25.9 Å². The standard InChI is InChI=1S/C17H28N2O2S/c1-12-7-9-22-15(12)11-18-14-6-8-19(13(2)10-14)16(20)21-17(3,4)5/h7,9,13-14,18H,6,8,10-11H2,1-5H3. The molecular weight excluding hydrogens is 296 g/mol. The van der Waals surface area contributed by atoms with Gasteiger partial charge in [0.05, 0.1) is 0 Å². The van der Waals surface area contributed by atoms with Crippen LogP contribution in [-0.2, 0) is 11.3 Å². The fourth-order valence-electron chi connectivity index (χ4n) is 2.77. The van der Waals surface area contributed by atoms with Crippen LogP contribution in [0.15, 0.2) is 11.4 Å². The van der Waals surface area contributed by atoms with E-state index in [1.54, 1.807) is 11.3 Å². The summed E-state index contributed by atoms with van der Waals surface area (Å²) in [4.78, 5) is 15.5. The second kappa shape index (κ2) is 7.01. The van der Waals surface area contributed by atoms with Crippen molar-refractivity contribution in [3.8, 4) is 0 Å². The van der Waals surface area contributed by atoms with Gasteiger partial charge in [0.1, 0.15) is 5.60 Å². The van der Waals surface area contributed by atoms with E-state index in [-0.39, 0.29) is 12.1 Å². The highest BCUT2D eigenvalue weighted by Crippen LogP contribution is 2.22. The fourth-order valence-corrected chi connectivity index (χ4v) is 3.63. The molecule has 1 aromatic heterocycles. The minimum absolute atomic E-state index is 0.187. The molecule has 1 aliphatic heterocycles. The first-order valence-electron chi connectivity index (χ1n) is 8.02.